The van der Waals surface area contributed by atoms with Crippen LogP contribution in [0.15, 0.2) is 0 Å². The van der Waals surface area contributed by atoms with Gasteiger partial charge in [-0.05, 0) is 24.9 Å². The van der Waals surface area contributed by atoms with Crippen LogP contribution in [0, 0.1) is 0 Å². The third-order valence-electron chi connectivity index (χ3n) is 2.69. The Hall–Kier alpha value is -1.14. The summed E-state index contributed by atoms with van der Waals surface area (Å²) in [7, 11) is 3.72. The number of nitrogens with one attached hydrogen (secondary N) is 1. The first-order valence-electron chi connectivity index (χ1n) is 5.53. The summed E-state index contributed by atoms with van der Waals surface area (Å²) >= 11 is 5.86. The second-order valence-electron chi connectivity index (χ2n) is 4.24. The molecule has 0 radical (unpaired) electrons. The molecule has 94 valence electrons. The molecule has 1 N–H and O–H groups in total. The number of ether oxygens (including phenoxy) is 1. The third-order valence-corrected chi connectivity index (χ3v) is 2.86. The predicted octanol–water partition coefficient (Wildman–Crippen LogP) is 1.18. The summed E-state index contributed by atoms with van der Waals surface area (Å²) in [5, 5.41) is 3.42. The zero-order valence-corrected chi connectivity index (χ0v) is 10.9. The van der Waals surface area contributed by atoms with Gasteiger partial charge in [0.1, 0.15) is 0 Å². The quantitative estimate of drug-likeness (QED) is 0.877. The number of hydrogen-bond acceptors (Lipinski definition) is 6. The molecule has 1 aromatic heterocycles. The Labute approximate surface area is 105 Å². The number of halogens is 1. The zero-order chi connectivity index (χ0) is 12.4. The highest BCUT2D eigenvalue weighted by atomic mass is 35.5. The summed E-state index contributed by atoms with van der Waals surface area (Å²) < 4.78 is 5.47. The van der Waals surface area contributed by atoms with Gasteiger partial charge in [-0.3, -0.25) is 0 Å². The van der Waals surface area contributed by atoms with Gasteiger partial charge >= 0.3 is 0 Å². The number of hydrogen-bond donors (Lipinski definition) is 1. The van der Waals surface area contributed by atoms with Crippen molar-refractivity contribution in [2.24, 2.45) is 0 Å². The molecule has 7 heteroatoms. The van der Waals surface area contributed by atoms with E-state index < -0.39 is 0 Å². The van der Waals surface area contributed by atoms with E-state index in [1.807, 2.05) is 21.0 Å². The van der Waals surface area contributed by atoms with Crippen LogP contribution in [0.5, 0.6) is 0 Å². The highest BCUT2D eigenvalue weighted by Crippen LogP contribution is 2.18. The van der Waals surface area contributed by atoms with Gasteiger partial charge in [-0.25, -0.2) is 0 Å². The first-order valence-corrected chi connectivity index (χ1v) is 5.91. The average Bonchev–Trinajstić information content (AvgIpc) is 2.63. The molecule has 6 nitrogen and oxygen atoms in total. The predicted molar refractivity (Wildman–Crippen MR) is 66.6 cm³/mol. The van der Waals surface area contributed by atoms with Crippen molar-refractivity contribution in [3.8, 4) is 0 Å². The van der Waals surface area contributed by atoms with Crippen LogP contribution in [0.2, 0.25) is 5.28 Å². The number of aromatic nitrogens is 3. The second-order valence-corrected chi connectivity index (χ2v) is 4.58. The Bertz CT molecular complexity index is 400. The van der Waals surface area contributed by atoms with E-state index in [1.54, 1.807) is 4.90 Å². The number of anilines is 2. The lowest BCUT2D eigenvalue weighted by molar-refractivity contribution is 0.121. The summed E-state index contributed by atoms with van der Waals surface area (Å²) in [4.78, 5) is 14.2. The molecule has 1 aliphatic heterocycles. The average molecular weight is 258 g/mol. The molecule has 0 aliphatic carbocycles. The monoisotopic (exact) mass is 257 g/mol. The van der Waals surface area contributed by atoms with Crippen LogP contribution in [-0.4, -0.2) is 47.8 Å². The van der Waals surface area contributed by atoms with Crippen molar-refractivity contribution in [1.29, 1.82) is 0 Å². The van der Waals surface area contributed by atoms with Gasteiger partial charge in [-0.15, -0.1) is 0 Å². The minimum Gasteiger partial charge on any atom is -0.376 e. The van der Waals surface area contributed by atoms with Crippen molar-refractivity contribution in [3.63, 3.8) is 0 Å². The molecule has 2 rings (SSSR count). The number of nitrogens with zero attached hydrogens (tertiary/aromatic N) is 4. The maximum Gasteiger partial charge on any atom is 0.230 e. The van der Waals surface area contributed by atoms with Crippen molar-refractivity contribution in [3.05, 3.63) is 5.28 Å². The van der Waals surface area contributed by atoms with Gasteiger partial charge in [-0.1, -0.05) is 0 Å². The Morgan fingerprint density at radius 1 is 1.35 bits per heavy atom. The highest BCUT2D eigenvalue weighted by molar-refractivity contribution is 6.28. The standard InChI is InChI=1S/C10H16ClN5O/c1-6-7(4-5-17-6)12-9-13-8(11)14-10(15-9)16(2)3/h6-7H,4-5H2,1-3H3,(H,12,13,14,15). The molecule has 2 unspecified atom stereocenters. The van der Waals surface area contributed by atoms with Crippen molar-refractivity contribution < 1.29 is 4.74 Å². The molecule has 0 aromatic carbocycles. The summed E-state index contributed by atoms with van der Waals surface area (Å²) in [6, 6.07) is 0.225. The van der Waals surface area contributed by atoms with E-state index in [1.165, 1.54) is 0 Å². The van der Waals surface area contributed by atoms with Crippen LogP contribution < -0.4 is 10.2 Å². The van der Waals surface area contributed by atoms with Crippen molar-refractivity contribution >= 4 is 23.5 Å². The highest BCUT2D eigenvalue weighted by Gasteiger charge is 2.25. The van der Waals surface area contributed by atoms with E-state index in [0.29, 0.717) is 11.9 Å². The first kappa shape index (κ1) is 12.3. The van der Waals surface area contributed by atoms with Gasteiger partial charge in [0.25, 0.3) is 0 Å². The van der Waals surface area contributed by atoms with Gasteiger partial charge in [0.05, 0.1) is 12.1 Å². The van der Waals surface area contributed by atoms with Crippen molar-refractivity contribution in [2.45, 2.75) is 25.5 Å². The second kappa shape index (κ2) is 5.01. The Morgan fingerprint density at radius 3 is 2.71 bits per heavy atom. The smallest absolute Gasteiger partial charge is 0.230 e. The summed E-state index contributed by atoms with van der Waals surface area (Å²) in [5.41, 5.74) is 0. The van der Waals surface area contributed by atoms with Gasteiger partial charge in [-0.2, -0.15) is 15.0 Å². The summed E-state index contributed by atoms with van der Waals surface area (Å²) in [5.74, 6) is 1.04. The fourth-order valence-corrected chi connectivity index (χ4v) is 1.85. The van der Waals surface area contributed by atoms with Gasteiger partial charge < -0.3 is 15.0 Å². The topological polar surface area (TPSA) is 63.2 Å². The molecule has 0 bridgehead atoms. The van der Waals surface area contributed by atoms with Crippen LogP contribution in [0.25, 0.3) is 0 Å². The molecule has 17 heavy (non-hydrogen) atoms. The lowest BCUT2D eigenvalue weighted by Crippen LogP contribution is -2.28. The minimum absolute atomic E-state index is 0.161. The van der Waals surface area contributed by atoms with E-state index >= 15 is 0 Å². The van der Waals surface area contributed by atoms with Crippen LogP contribution >= 0.6 is 11.6 Å². The van der Waals surface area contributed by atoms with Crippen molar-refractivity contribution in [1.82, 2.24) is 15.0 Å². The largest absolute Gasteiger partial charge is 0.376 e. The molecule has 1 aromatic rings. The maximum absolute atomic E-state index is 5.86. The van der Waals surface area contributed by atoms with Crippen LogP contribution in [0.1, 0.15) is 13.3 Å². The van der Waals surface area contributed by atoms with E-state index in [-0.39, 0.29) is 17.4 Å². The molecule has 2 atom stereocenters. The van der Waals surface area contributed by atoms with E-state index in [0.717, 1.165) is 13.0 Å². The molecule has 2 heterocycles. The first-order chi connectivity index (χ1) is 8.06. The van der Waals surface area contributed by atoms with Gasteiger partial charge in [0.2, 0.25) is 17.2 Å². The zero-order valence-electron chi connectivity index (χ0n) is 10.1. The summed E-state index contributed by atoms with van der Waals surface area (Å²) in [6.45, 7) is 2.79. The molecule has 0 saturated carbocycles. The lowest BCUT2D eigenvalue weighted by atomic mass is 10.2. The molecule has 1 fully saturated rings. The summed E-state index contributed by atoms with van der Waals surface area (Å²) in [6.07, 6.45) is 1.11. The van der Waals surface area contributed by atoms with E-state index in [4.69, 9.17) is 16.3 Å². The molecular weight excluding hydrogens is 242 g/mol. The Kier molecular flexibility index (Phi) is 3.63. The Morgan fingerprint density at radius 2 is 2.12 bits per heavy atom. The molecule has 0 spiro atoms. The fraction of sp³-hybridized carbons (Fsp3) is 0.700. The molecule has 1 aliphatic rings. The fourth-order valence-electron chi connectivity index (χ4n) is 1.69. The van der Waals surface area contributed by atoms with Crippen LogP contribution in [0.4, 0.5) is 11.9 Å². The maximum atomic E-state index is 5.86. The third kappa shape index (κ3) is 2.95. The van der Waals surface area contributed by atoms with E-state index in [9.17, 15) is 0 Å². The van der Waals surface area contributed by atoms with Gasteiger partial charge in [0.15, 0.2) is 0 Å². The molecule has 1 saturated heterocycles. The normalized spacial score (nSPS) is 23.8. The van der Waals surface area contributed by atoms with Crippen LogP contribution in [0.3, 0.4) is 0 Å². The van der Waals surface area contributed by atoms with Crippen LogP contribution in [-0.2, 0) is 4.74 Å². The minimum atomic E-state index is 0.161. The molecule has 0 amide bonds. The SMILES string of the molecule is CC1OCCC1Nc1nc(Cl)nc(N(C)C)n1. The van der Waals surface area contributed by atoms with E-state index in [2.05, 4.69) is 20.3 Å². The molecular formula is C10H16ClN5O. The lowest BCUT2D eigenvalue weighted by Gasteiger charge is -2.17. The van der Waals surface area contributed by atoms with Crippen molar-refractivity contribution in [2.75, 3.05) is 30.9 Å². The number of rotatable bonds is 3. The van der Waals surface area contributed by atoms with Gasteiger partial charge in [0, 0.05) is 20.7 Å². The Balaban J connectivity index is 2.15.